The topological polar surface area (TPSA) is 63.1 Å². The molecule has 1 unspecified atom stereocenters. The molecule has 2 aromatic carbocycles. The Labute approximate surface area is 165 Å². The van der Waals surface area contributed by atoms with E-state index in [4.69, 9.17) is 0 Å². The van der Waals surface area contributed by atoms with E-state index in [9.17, 15) is 13.2 Å². The molecule has 4 rings (SSSR count). The van der Waals surface area contributed by atoms with Crippen LogP contribution in [0, 0.1) is 0 Å². The summed E-state index contributed by atoms with van der Waals surface area (Å²) in [6.07, 6.45) is -2.16. The first-order valence-electron chi connectivity index (χ1n) is 9.24. The minimum absolute atomic E-state index is 0.0981. The van der Waals surface area contributed by atoms with Gasteiger partial charge in [0.15, 0.2) is 11.6 Å². The highest BCUT2D eigenvalue weighted by molar-refractivity contribution is 6.09. The van der Waals surface area contributed by atoms with E-state index in [0.29, 0.717) is 18.3 Å². The predicted octanol–water partition coefficient (Wildman–Crippen LogP) is 4.92. The number of aliphatic imine (C=N–C) groups is 1. The van der Waals surface area contributed by atoms with Crippen LogP contribution in [0.2, 0.25) is 0 Å². The van der Waals surface area contributed by atoms with E-state index in [1.54, 1.807) is 0 Å². The Hall–Kier alpha value is -3.29. The second-order valence-electron chi connectivity index (χ2n) is 6.72. The van der Waals surface area contributed by atoms with Crippen LogP contribution in [0.3, 0.4) is 0 Å². The van der Waals surface area contributed by atoms with Crippen LogP contribution >= 0.6 is 0 Å². The number of alkyl halides is 3. The van der Waals surface area contributed by atoms with Gasteiger partial charge in [-0.2, -0.15) is 18.3 Å². The minimum atomic E-state index is -4.51. The SMILES string of the molecule is CCC1CN=C(Nc2cnnc(-c3ccccc3C(F)(F)F)n2)c2ccccc21. The van der Waals surface area contributed by atoms with Crippen LogP contribution in [0.5, 0.6) is 0 Å². The van der Waals surface area contributed by atoms with Crippen molar-refractivity contribution in [3.8, 4) is 11.4 Å². The number of rotatable bonds is 3. The normalized spacial score (nSPS) is 16.1. The molecule has 1 aliphatic heterocycles. The maximum absolute atomic E-state index is 13.3. The van der Waals surface area contributed by atoms with E-state index in [1.807, 2.05) is 18.2 Å². The quantitative estimate of drug-likeness (QED) is 0.681. The van der Waals surface area contributed by atoms with Gasteiger partial charge < -0.3 is 5.32 Å². The number of hydrogen-bond acceptors (Lipinski definition) is 5. The Morgan fingerprint density at radius 1 is 1.03 bits per heavy atom. The first-order chi connectivity index (χ1) is 14.0. The molecule has 0 amide bonds. The van der Waals surface area contributed by atoms with Crippen LogP contribution in [0.15, 0.2) is 59.7 Å². The highest BCUT2D eigenvalue weighted by Gasteiger charge is 2.34. The van der Waals surface area contributed by atoms with Crippen molar-refractivity contribution in [2.75, 3.05) is 11.9 Å². The number of aromatic nitrogens is 3. The molecule has 0 saturated carbocycles. The standard InChI is InChI=1S/C21H18F3N5/c1-2-13-11-25-19(15-8-4-3-7-14(13)15)27-18-12-26-29-20(28-18)16-9-5-6-10-17(16)21(22,23)24/h3-10,12-13H,2,11H2,1H3,(H,25,27,28,29). The Kier molecular flexibility index (Phi) is 5.00. The molecule has 0 aliphatic carbocycles. The first kappa shape index (κ1) is 19.0. The fourth-order valence-electron chi connectivity index (χ4n) is 3.43. The largest absolute Gasteiger partial charge is 0.417 e. The fraction of sp³-hybridized carbons (Fsp3) is 0.238. The molecule has 1 aliphatic rings. The molecule has 1 N–H and O–H groups in total. The molecule has 5 nitrogen and oxygen atoms in total. The molecule has 148 valence electrons. The van der Waals surface area contributed by atoms with Crippen molar-refractivity contribution in [1.29, 1.82) is 0 Å². The molecule has 1 aromatic heterocycles. The number of hydrogen-bond donors (Lipinski definition) is 1. The highest BCUT2D eigenvalue weighted by Crippen LogP contribution is 2.36. The summed E-state index contributed by atoms with van der Waals surface area (Å²) >= 11 is 0. The third kappa shape index (κ3) is 3.83. The van der Waals surface area contributed by atoms with Gasteiger partial charge in [0.2, 0.25) is 0 Å². The van der Waals surface area contributed by atoms with Gasteiger partial charge in [0.05, 0.1) is 11.8 Å². The Morgan fingerprint density at radius 3 is 2.52 bits per heavy atom. The van der Waals surface area contributed by atoms with Crippen molar-refractivity contribution in [2.24, 2.45) is 4.99 Å². The van der Waals surface area contributed by atoms with Crippen LogP contribution in [-0.4, -0.2) is 27.6 Å². The molecule has 0 fully saturated rings. The Morgan fingerprint density at radius 2 is 1.76 bits per heavy atom. The molecule has 8 heteroatoms. The molecule has 1 atom stereocenters. The maximum Gasteiger partial charge on any atom is 0.417 e. The number of anilines is 1. The fourth-order valence-corrected chi connectivity index (χ4v) is 3.43. The van der Waals surface area contributed by atoms with Crippen molar-refractivity contribution in [3.63, 3.8) is 0 Å². The van der Waals surface area contributed by atoms with Gasteiger partial charge in [-0.1, -0.05) is 49.4 Å². The van der Waals surface area contributed by atoms with E-state index >= 15 is 0 Å². The smallest absolute Gasteiger partial charge is 0.323 e. The van der Waals surface area contributed by atoms with Crippen molar-refractivity contribution < 1.29 is 13.2 Å². The molecule has 29 heavy (non-hydrogen) atoms. The van der Waals surface area contributed by atoms with Crippen molar-refractivity contribution >= 4 is 11.7 Å². The van der Waals surface area contributed by atoms with E-state index in [1.165, 1.54) is 30.0 Å². The Balaban J connectivity index is 1.68. The van der Waals surface area contributed by atoms with Crippen LogP contribution in [0.4, 0.5) is 19.0 Å². The number of nitrogens with one attached hydrogen (secondary N) is 1. The lowest BCUT2D eigenvalue weighted by Gasteiger charge is -2.24. The van der Waals surface area contributed by atoms with Gasteiger partial charge in [-0.25, -0.2) is 4.98 Å². The second kappa shape index (κ2) is 7.62. The average molecular weight is 397 g/mol. The molecule has 0 radical (unpaired) electrons. The summed E-state index contributed by atoms with van der Waals surface area (Å²) in [6, 6.07) is 13.1. The van der Waals surface area contributed by atoms with Crippen molar-refractivity contribution in [1.82, 2.24) is 15.2 Å². The zero-order valence-corrected chi connectivity index (χ0v) is 15.6. The number of benzene rings is 2. The Bertz CT molecular complexity index is 1060. The zero-order valence-electron chi connectivity index (χ0n) is 15.6. The lowest BCUT2D eigenvalue weighted by molar-refractivity contribution is -0.137. The van der Waals surface area contributed by atoms with Gasteiger partial charge in [0, 0.05) is 23.6 Å². The van der Waals surface area contributed by atoms with E-state index < -0.39 is 11.7 Å². The lowest BCUT2D eigenvalue weighted by atomic mass is 9.89. The van der Waals surface area contributed by atoms with Crippen LogP contribution in [0.25, 0.3) is 11.4 Å². The molecule has 2 heterocycles. The summed E-state index contributed by atoms with van der Waals surface area (Å²) in [5.41, 5.74) is 1.23. The van der Waals surface area contributed by atoms with Crippen molar-refractivity contribution in [2.45, 2.75) is 25.4 Å². The van der Waals surface area contributed by atoms with Gasteiger partial charge >= 0.3 is 6.18 Å². The number of nitrogens with zero attached hydrogens (tertiary/aromatic N) is 4. The monoisotopic (exact) mass is 397 g/mol. The molecule has 0 bridgehead atoms. The third-order valence-electron chi connectivity index (χ3n) is 4.90. The van der Waals surface area contributed by atoms with Gasteiger partial charge in [-0.05, 0) is 18.1 Å². The van der Waals surface area contributed by atoms with Crippen LogP contribution in [-0.2, 0) is 6.18 Å². The van der Waals surface area contributed by atoms with Gasteiger partial charge in [-0.15, -0.1) is 5.10 Å². The van der Waals surface area contributed by atoms with Crippen LogP contribution < -0.4 is 5.32 Å². The second-order valence-corrected chi connectivity index (χ2v) is 6.72. The van der Waals surface area contributed by atoms with E-state index in [0.717, 1.165) is 18.1 Å². The van der Waals surface area contributed by atoms with Crippen molar-refractivity contribution in [3.05, 3.63) is 71.4 Å². The van der Waals surface area contributed by atoms with Gasteiger partial charge in [0.25, 0.3) is 0 Å². The van der Waals surface area contributed by atoms with Gasteiger partial charge in [-0.3, -0.25) is 4.99 Å². The summed E-state index contributed by atoms with van der Waals surface area (Å²) in [6.45, 7) is 2.76. The summed E-state index contributed by atoms with van der Waals surface area (Å²) < 4.78 is 40.0. The summed E-state index contributed by atoms with van der Waals surface area (Å²) in [7, 11) is 0. The number of fused-ring (bicyclic) bond motifs is 1. The summed E-state index contributed by atoms with van der Waals surface area (Å²) in [4.78, 5) is 8.87. The lowest BCUT2D eigenvalue weighted by Crippen LogP contribution is -2.24. The van der Waals surface area contributed by atoms with Gasteiger partial charge in [0.1, 0.15) is 5.84 Å². The van der Waals surface area contributed by atoms with E-state index in [-0.39, 0.29) is 17.2 Å². The molecule has 0 saturated heterocycles. The molecule has 0 spiro atoms. The molecule has 3 aromatic rings. The average Bonchev–Trinajstić information content (AvgIpc) is 2.74. The first-order valence-corrected chi connectivity index (χ1v) is 9.24. The number of amidine groups is 1. The minimum Gasteiger partial charge on any atom is -0.323 e. The van der Waals surface area contributed by atoms with Crippen LogP contribution in [0.1, 0.15) is 36.0 Å². The third-order valence-corrected chi connectivity index (χ3v) is 4.90. The summed E-state index contributed by atoms with van der Waals surface area (Å²) in [5, 5.41) is 10.8. The number of halogens is 3. The predicted molar refractivity (Wildman–Crippen MR) is 105 cm³/mol. The maximum atomic E-state index is 13.3. The molecular formula is C21H18F3N5. The zero-order chi connectivity index (χ0) is 20.4. The van der Waals surface area contributed by atoms with E-state index in [2.05, 4.69) is 38.5 Å². The highest BCUT2D eigenvalue weighted by atomic mass is 19.4. The summed E-state index contributed by atoms with van der Waals surface area (Å²) in [5.74, 6) is 1.16. The molecular weight excluding hydrogens is 379 g/mol.